The van der Waals surface area contributed by atoms with Gasteiger partial charge in [-0.3, -0.25) is 4.79 Å². The average molecular weight is 1450 g/mol. The van der Waals surface area contributed by atoms with Gasteiger partial charge in [0.1, 0.15) is 11.9 Å². The molecule has 3 aliphatic carbocycles. The molecule has 2 aromatic heterocycles. The quantitative estimate of drug-likeness (QED) is 0.131. The van der Waals surface area contributed by atoms with Gasteiger partial charge in [-0.15, -0.1) is 0 Å². The van der Waals surface area contributed by atoms with Crippen LogP contribution in [0, 0.1) is 11.3 Å². The molecule has 0 saturated carbocycles. The summed E-state index contributed by atoms with van der Waals surface area (Å²) in [5, 5.41) is 5.73. The van der Waals surface area contributed by atoms with Crippen LogP contribution in [0.25, 0.3) is 66.1 Å². The first-order valence-corrected chi connectivity index (χ1v) is 39.2. The fourth-order valence-corrected chi connectivity index (χ4v) is 14.7. The Morgan fingerprint density at radius 1 is 0.481 bits per heavy atom. The van der Waals surface area contributed by atoms with Crippen molar-refractivity contribution in [3.63, 3.8) is 0 Å². The molecule has 108 heavy (non-hydrogen) atoms. The van der Waals surface area contributed by atoms with Crippen LogP contribution in [0.3, 0.4) is 0 Å². The lowest BCUT2D eigenvalue weighted by Crippen LogP contribution is -2.34. The molecule has 2 unspecified atom stereocenters. The number of methoxy groups -OCH3 is 1. The third-order valence-corrected chi connectivity index (χ3v) is 22.0. The van der Waals surface area contributed by atoms with Gasteiger partial charge in [0.2, 0.25) is 5.91 Å². The van der Waals surface area contributed by atoms with E-state index in [0.717, 1.165) is 64.2 Å². The van der Waals surface area contributed by atoms with Crippen LogP contribution in [-0.4, -0.2) is 40.3 Å². The van der Waals surface area contributed by atoms with E-state index in [1.54, 1.807) is 19.2 Å². The van der Waals surface area contributed by atoms with Gasteiger partial charge in [-0.05, 0) is 220 Å². The zero-order valence-corrected chi connectivity index (χ0v) is 68.0. The molecule has 4 aliphatic rings. The number of carbonyl (C=O) groups excluding carboxylic acids is 1. The number of alkyl halides is 2. The number of halogens is 2. The number of fused-ring (bicyclic) bond motifs is 13. The van der Waals surface area contributed by atoms with E-state index in [4.69, 9.17) is 19.4 Å². The summed E-state index contributed by atoms with van der Waals surface area (Å²) in [6.07, 6.45) is 6.97. The molecular formula is C99H120F2N4O3. The Hall–Kier alpha value is -9.05. The van der Waals surface area contributed by atoms with Gasteiger partial charge in [-0.25, -0.2) is 9.97 Å². The van der Waals surface area contributed by atoms with Crippen LogP contribution in [0.1, 0.15) is 279 Å². The molecule has 15 rings (SSSR count). The van der Waals surface area contributed by atoms with Crippen molar-refractivity contribution in [2.45, 2.75) is 237 Å². The number of amides is 1. The van der Waals surface area contributed by atoms with Crippen molar-refractivity contribution in [2.75, 3.05) is 19.0 Å². The van der Waals surface area contributed by atoms with Crippen molar-refractivity contribution >= 4 is 55.5 Å². The third kappa shape index (κ3) is 17.6. The highest BCUT2D eigenvalue weighted by Crippen LogP contribution is 2.53. The largest absolute Gasteiger partial charge is 0.483 e. The number of hydrogen-bond donors (Lipinski definition) is 1. The van der Waals surface area contributed by atoms with E-state index in [1.807, 2.05) is 56.3 Å². The summed E-state index contributed by atoms with van der Waals surface area (Å²) >= 11 is 0. The Kier molecular flexibility index (Phi) is 24.9. The second-order valence-electron chi connectivity index (χ2n) is 34.6. The van der Waals surface area contributed by atoms with Crippen LogP contribution in [-0.2, 0) is 33.8 Å². The zero-order chi connectivity index (χ0) is 77.5. The highest BCUT2D eigenvalue weighted by atomic mass is 19.3. The van der Waals surface area contributed by atoms with Crippen molar-refractivity contribution in [3.8, 4) is 28.0 Å². The van der Waals surface area contributed by atoms with Gasteiger partial charge < -0.3 is 19.4 Å². The van der Waals surface area contributed by atoms with Crippen molar-refractivity contribution in [1.29, 1.82) is 0 Å². The van der Waals surface area contributed by atoms with Gasteiger partial charge in [-0.2, -0.15) is 8.78 Å². The highest BCUT2D eigenvalue weighted by Gasteiger charge is 2.45. The molecule has 0 radical (unpaired) electrons. The Labute approximate surface area is 645 Å². The van der Waals surface area contributed by atoms with Gasteiger partial charge in [-0.1, -0.05) is 275 Å². The Bertz CT molecular complexity index is 5070. The van der Waals surface area contributed by atoms with Crippen LogP contribution >= 0.6 is 0 Å². The number of nitrogens with one attached hydrogen (secondary N) is 1. The fraction of sp³-hybridized carbons (Fsp3) is 0.404. The molecule has 1 aliphatic heterocycles. The molecule has 0 fully saturated rings. The fourth-order valence-electron chi connectivity index (χ4n) is 14.7. The molecule has 568 valence electrons. The minimum atomic E-state index is -2.90. The van der Waals surface area contributed by atoms with Crippen LogP contribution in [0.2, 0.25) is 0 Å². The first-order valence-electron chi connectivity index (χ1n) is 39.2. The highest BCUT2D eigenvalue weighted by molar-refractivity contribution is 6.08. The monoisotopic (exact) mass is 1450 g/mol. The van der Waals surface area contributed by atoms with Crippen molar-refractivity contribution in [1.82, 2.24) is 14.5 Å². The molecule has 11 aromatic rings. The van der Waals surface area contributed by atoms with Gasteiger partial charge >= 0.3 is 0 Å². The van der Waals surface area contributed by atoms with E-state index in [2.05, 4.69) is 276 Å². The topological polar surface area (TPSA) is 78.3 Å². The molecule has 1 amide bonds. The Morgan fingerprint density at radius 3 is 1.56 bits per heavy atom. The smallest absolute Gasteiger partial charge is 0.299 e. The maximum absolute atomic E-state index is 14.8. The van der Waals surface area contributed by atoms with E-state index in [1.165, 1.54) is 88.6 Å². The Balaban J connectivity index is 0.000000144. The van der Waals surface area contributed by atoms with Crippen LogP contribution in [0.15, 0.2) is 188 Å². The predicted octanol–water partition coefficient (Wildman–Crippen LogP) is 27.8. The number of ether oxygens (including phenoxy) is 2. The maximum Gasteiger partial charge on any atom is 0.299 e. The predicted molar refractivity (Wildman–Crippen MR) is 456 cm³/mol. The van der Waals surface area contributed by atoms with Crippen LogP contribution < -0.4 is 10.1 Å². The van der Waals surface area contributed by atoms with Gasteiger partial charge in [0.25, 0.3) is 5.92 Å². The second-order valence-corrected chi connectivity index (χ2v) is 34.6. The molecule has 7 nitrogen and oxygen atoms in total. The minimum Gasteiger partial charge on any atom is -0.483 e. The summed E-state index contributed by atoms with van der Waals surface area (Å²) in [4.78, 5) is 22.1. The molecule has 1 N–H and O–H groups in total. The van der Waals surface area contributed by atoms with Crippen molar-refractivity contribution in [3.05, 3.63) is 260 Å². The number of aromatic nitrogens is 3. The molecular weight excluding hydrogens is 1330 g/mol. The molecule has 0 spiro atoms. The molecule has 2 atom stereocenters. The lowest BCUT2D eigenvalue weighted by molar-refractivity contribution is -0.119. The standard InChI is InChI=1S/C21H27NO.C20H22F2.C20H25NO2.C19H22.C18H20N2.CH4/c1-14(2)16-7-9-20-19(12-16)18-8-6-17(15(3)4)13-21(18)22(20)10-11-23-5;1-12(2)13-6-8-15-16-11-14(19(3,4)5)7-9-17(16)20(21,22)18(15)10-13;1-12(2)13-6-9-17-16(10-13)21-19(22)15-8-7-14(20(3,4)5)11-18(15)23-17;1-12(2)14-7-8-18-17(9-14)10-16-6-5-15(13(3)4)11-19(16)18;1-11(2)13-5-7-15-17(9-13)19-16-8-6-14(12(3)4)10-18(16)20-15;/h6-9,12-15H,10-11H2,1-5H3;6-12H,1-5H3;6-12,15,18H,1-5H3,(H,21,22);5-9,11-13H,10H2,1-4H3;5-12H,1-4H3;1H4. The lowest BCUT2D eigenvalue weighted by Gasteiger charge is -2.28. The second kappa shape index (κ2) is 33.0. The van der Waals surface area contributed by atoms with Crippen molar-refractivity contribution in [2.24, 2.45) is 11.3 Å². The average Bonchev–Trinajstić information content (AvgIpc) is 1.53. The SMILES string of the molecule is C.CC(C)c1ccc2c(c1)C(F)(F)c1ccc(C(C)(C)C)cc1-2.CC(C)c1ccc2c(c1)Cc1ccc(C(C)C)cc1-2.CC(C)c1ccc2c(c1)NC(=O)C1C=CC(C(C)(C)C)=CC1O2.CC(C)c1ccc2nc3cc(C(C)C)ccc3nc2c1.COCCn1c2ccc(C(C)C)cc2c2ccc(C(C)C)cc21. The summed E-state index contributed by atoms with van der Waals surface area (Å²) in [6.45, 7) is 49.6. The minimum absolute atomic E-state index is 0. The molecule has 9 heteroatoms. The molecule has 0 bridgehead atoms. The van der Waals surface area contributed by atoms with E-state index < -0.39 is 5.92 Å². The first kappa shape index (κ1) is 81.5. The summed E-state index contributed by atoms with van der Waals surface area (Å²) < 4.78 is 43.5. The normalized spacial score (nSPS) is 15.3. The van der Waals surface area contributed by atoms with Gasteiger partial charge in [0, 0.05) is 46.6 Å². The number of nitrogens with zero attached hydrogens (tertiary/aromatic N) is 3. The summed E-state index contributed by atoms with van der Waals surface area (Å²) in [7, 11) is 1.77. The van der Waals surface area contributed by atoms with E-state index in [9.17, 15) is 13.6 Å². The lowest BCUT2D eigenvalue weighted by atomic mass is 9.80. The molecule has 3 heterocycles. The Morgan fingerprint density at radius 2 is 0.981 bits per heavy atom. The van der Waals surface area contributed by atoms with E-state index >= 15 is 0 Å². The van der Waals surface area contributed by atoms with Gasteiger partial charge in [0.05, 0.1) is 40.3 Å². The van der Waals surface area contributed by atoms with Crippen molar-refractivity contribution < 1.29 is 23.0 Å². The summed E-state index contributed by atoms with van der Waals surface area (Å²) in [5.41, 5.74) is 27.6. The number of hydrogen-bond acceptors (Lipinski definition) is 5. The first-order chi connectivity index (χ1) is 50.5. The summed E-state index contributed by atoms with van der Waals surface area (Å²) in [5.74, 6) is 1.55. The third-order valence-electron chi connectivity index (χ3n) is 22.0. The number of carbonyl (C=O) groups is 1. The number of anilines is 1. The number of benzene rings is 9. The molecule has 0 saturated heterocycles. The van der Waals surface area contributed by atoms with E-state index in [-0.39, 0.29) is 53.2 Å². The summed E-state index contributed by atoms with van der Waals surface area (Å²) in [6, 6.07) is 57.5. The van der Waals surface area contributed by atoms with Crippen LogP contribution in [0.4, 0.5) is 14.5 Å². The maximum atomic E-state index is 14.8. The molecule has 9 aromatic carbocycles. The van der Waals surface area contributed by atoms with E-state index in [0.29, 0.717) is 52.6 Å². The van der Waals surface area contributed by atoms with Gasteiger partial charge in [0.15, 0.2) is 0 Å². The number of rotatable bonds is 11. The zero-order valence-electron chi connectivity index (χ0n) is 68.0. The number of allylic oxidation sites excluding steroid dienone is 2. The van der Waals surface area contributed by atoms with Crippen LogP contribution in [0.5, 0.6) is 5.75 Å².